The predicted molar refractivity (Wildman–Crippen MR) is 239 cm³/mol. The topological polar surface area (TPSA) is 3.24 Å². The Balaban J connectivity index is 1.04. The summed E-state index contributed by atoms with van der Waals surface area (Å²) >= 11 is 0. The molecule has 0 aliphatic heterocycles. The highest BCUT2D eigenvalue weighted by atomic mass is 15.1. The molecule has 1 heteroatoms. The van der Waals surface area contributed by atoms with Crippen molar-refractivity contribution in [2.24, 2.45) is 17.8 Å². The molecule has 2 spiro atoms. The van der Waals surface area contributed by atoms with Crippen molar-refractivity contribution >= 4 is 27.8 Å². The Morgan fingerprint density at radius 3 is 1.75 bits per heavy atom. The van der Waals surface area contributed by atoms with Gasteiger partial charge in [-0.1, -0.05) is 142 Å². The van der Waals surface area contributed by atoms with Gasteiger partial charge in [0.1, 0.15) is 0 Å². The second kappa shape index (κ2) is 12.8. The van der Waals surface area contributed by atoms with Gasteiger partial charge in [0.05, 0.1) is 0 Å². The normalized spacial score (nSPS) is 23.4. The van der Waals surface area contributed by atoms with Crippen LogP contribution >= 0.6 is 0 Å². The first-order valence-corrected chi connectivity index (χ1v) is 22.0. The summed E-state index contributed by atoms with van der Waals surface area (Å²) < 4.78 is 0. The van der Waals surface area contributed by atoms with Crippen molar-refractivity contribution in [2.75, 3.05) is 4.90 Å². The van der Waals surface area contributed by atoms with Crippen LogP contribution in [-0.4, -0.2) is 0 Å². The van der Waals surface area contributed by atoms with E-state index in [1.807, 2.05) is 0 Å². The van der Waals surface area contributed by atoms with E-state index in [1.54, 1.807) is 16.7 Å². The number of hydrogen-bond acceptors (Lipinski definition) is 1. The lowest BCUT2D eigenvalue weighted by Gasteiger charge is -2.55. The van der Waals surface area contributed by atoms with Crippen LogP contribution in [0.2, 0.25) is 0 Å². The second-order valence-electron chi connectivity index (χ2n) is 18.2. The Kier molecular flexibility index (Phi) is 7.57. The van der Waals surface area contributed by atoms with E-state index in [0.717, 1.165) is 5.92 Å². The van der Waals surface area contributed by atoms with Crippen molar-refractivity contribution in [3.05, 3.63) is 174 Å². The molecule has 3 fully saturated rings. The predicted octanol–water partition coefficient (Wildman–Crippen LogP) is 15.3. The lowest BCUT2D eigenvalue weighted by atomic mass is 9.49. The number of anilines is 3. The molecule has 57 heavy (non-hydrogen) atoms. The van der Waals surface area contributed by atoms with Crippen LogP contribution in [0.4, 0.5) is 17.1 Å². The molecular weight excluding hydrogens is 687 g/mol. The molecule has 7 aromatic rings. The van der Waals surface area contributed by atoms with Crippen LogP contribution in [0.25, 0.3) is 44.2 Å². The Morgan fingerprint density at radius 2 is 1.04 bits per heavy atom. The van der Waals surface area contributed by atoms with Gasteiger partial charge in [-0.15, -0.1) is 0 Å². The maximum absolute atomic E-state index is 2.66. The number of benzene rings is 7. The second-order valence-corrected chi connectivity index (χ2v) is 18.2. The van der Waals surface area contributed by atoms with Crippen molar-refractivity contribution in [1.29, 1.82) is 0 Å². The lowest BCUT2D eigenvalue weighted by Crippen LogP contribution is -2.49. The quantitative estimate of drug-likeness (QED) is 0.170. The molecule has 12 rings (SSSR count). The minimum Gasteiger partial charge on any atom is -0.310 e. The molecule has 0 heterocycles. The van der Waals surface area contributed by atoms with Gasteiger partial charge in [0.15, 0.2) is 0 Å². The van der Waals surface area contributed by atoms with E-state index in [1.165, 1.54) is 131 Å². The number of rotatable bonds is 5. The fourth-order valence-electron chi connectivity index (χ4n) is 13.3. The highest BCUT2D eigenvalue weighted by Crippen LogP contribution is 2.66. The van der Waals surface area contributed by atoms with E-state index in [2.05, 4.69) is 163 Å². The molecule has 0 radical (unpaired) electrons. The Bertz CT molecular complexity index is 2680. The summed E-state index contributed by atoms with van der Waals surface area (Å²) in [4.78, 5) is 2.60. The zero-order valence-corrected chi connectivity index (χ0v) is 33.2. The Labute approximate surface area is 338 Å². The van der Waals surface area contributed by atoms with Crippen molar-refractivity contribution in [2.45, 2.75) is 82.0 Å². The molecule has 0 saturated heterocycles. The van der Waals surface area contributed by atoms with Crippen LogP contribution < -0.4 is 4.90 Å². The monoisotopic (exact) mass is 737 g/mol. The average Bonchev–Trinajstić information content (AvgIpc) is 3.94. The lowest BCUT2D eigenvalue weighted by molar-refractivity contribution is 0.0492. The summed E-state index contributed by atoms with van der Waals surface area (Å²) in [7, 11) is 0. The largest absolute Gasteiger partial charge is 0.310 e. The van der Waals surface area contributed by atoms with Gasteiger partial charge in [0.2, 0.25) is 0 Å². The zero-order valence-electron chi connectivity index (χ0n) is 33.2. The molecule has 5 aliphatic carbocycles. The smallest absolute Gasteiger partial charge is 0.0465 e. The van der Waals surface area contributed by atoms with Crippen LogP contribution in [0.15, 0.2) is 152 Å². The third-order valence-electron chi connectivity index (χ3n) is 15.8. The van der Waals surface area contributed by atoms with Gasteiger partial charge in [-0.3, -0.25) is 0 Å². The minimum absolute atomic E-state index is 0.102. The maximum atomic E-state index is 2.66. The van der Waals surface area contributed by atoms with E-state index in [4.69, 9.17) is 0 Å². The summed E-state index contributed by atoms with van der Waals surface area (Å²) in [6.07, 6.45) is 13.2. The van der Waals surface area contributed by atoms with Gasteiger partial charge in [-0.25, -0.2) is 0 Å². The molecule has 3 saturated carbocycles. The molecule has 2 bridgehead atoms. The van der Waals surface area contributed by atoms with Gasteiger partial charge >= 0.3 is 0 Å². The number of fused-ring (bicyclic) bond motifs is 9. The van der Waals surface area contributed by atoms with Crippen molar-refractivity contribution < 1.29 is 0 Å². The molecular formula is C56H51N. The highest BCUT2D eigenvalue weighted by molar-refractivity contribution is 5.90. The van der Waals surface area contributed by atoms with E-state index in [9.17, 15) is 0 Å². The first-order chi connectivity index (χ1) is 28.2. The van der Waals surface area contributed by atoms with Gasteiger partial charge < -0.3 is 4.90 Å². The summed E-state index contributed by atoms with van der Waals surface area (Å²) in [6.45, 7) is 2.43. The molecule has 1 nitrogen and oxygen atoms in total. The summed E-state index contributed by atoms with van der Waals surface area (Å²) in [5, 5.41) is 2.57. The average molecular weight is 738 g/mol. The van der Waals surface area contributed by atoms with Crippen molar-refractivity contribution in [3.8, 4) is 33.4 Å². The standard InChI is InChI=1S/C56H51N/c1-2-37-32-42-14-11-15-43(33-37)56(42)52-19-8-6-17-48(52)50-29-27-46(36-54(50)56)57(44-24-22-39(23-25-44)41-21-20-38-12-3-4-13-40(38)34-41)45-26-28-49-47-16-5-7-18-51(47)55(53(49)35-45)30-9-10-31-55/h3-8,12-13,16-29,34-37,42-43H,2,9-11,14-15,30-33H2,1H3. The third kappa shape index (κ3) is 4.81. The van der Waals surface area contributed by atoms with Crippen molar-refractivity contribution in [1.82, 2.24) is 0 Å². The Morgan fingerprint density at radius 1 is 0.474 bits per heavy atom. The van der Waals surface area contributed by atoms with E-state index in [0.29, 0.717) is 11.8 Å². The first-order valence-electron chi connectivity index (χ1n) is 22.0. The molecule has 0 aromatic heterocycles. The SMILES string of the molecule is CCC1CC2CCCC(C1)C21c2ccccc2-c2ccc(N(c3ccc(-c4ccc5ccccc5c4)cc3)c3ccc4c(c3)C3(CCCC3)c3ccccc3-4)cc21. The van der Waals surface area contributed by atoms with Gasteiger partial charge in [-0.05, 0) is 165 Å². The van der Waals surface area contributed by atoms with Crippen LogP contribution in [0, 0.1) is 17.8 Å². The highest BCUT2D eigenvalue weighted by Gasteiger charge is 2.57. The third-order valence-corrected chi connectivity index (χ3v) is 15.8. The fourth-order valence-corrected chi connectivity index (χ4v) is 13.3. The zero-order chi connectivity index (χ0) is 37.7. The van der Waals surface area contributed by atoms with Gasteiger partial charge in [0, 0.05) is 27.9 Å². The minimum atomic E-state index is 0.102. The van der Waals surface area contributed by atoms with Crippen LogP contribution in [0.3, 0.4) is 0 Å². The molecule has 2 unspecified atom stereocenters. The molecule has 0 amide bonds. The molecule has 0 N–H and O–H groups in total. The maximum Gasteiger partial charge on any atom is 0.0465 e. The number of nitrogens with zero attached hydrogens (tertiary/aromatic N) is 1. The van der Waals surface area contributed by atoms with E-state index >= 15 is 0 Å². The van der Waals surface area contributed by atoms with E-state index in [-0.39, 0.29) is 10.8 Å². The van der Waals surface area contributed by atoms with Gasteiger partial charge in [0.25, 0.3) is 0 Å². The fraction of sp³-hybridized carbons (Fsp3) is 0.286. The molecule has 5 aliphatic rings. The molecule has 7 aromatic carbocycles. The first kappa shape index (κ1) is 33.7. The van der Waals surface area contributed by atoms with Crippen LogP contribution in [0.1, 0.15) is 93.4 Å². The molecule has 2 atom stereocenters. The van der Waals surface area contributed by atoms with Crippen molar-refractivity contribution in [3.63, 3.8) is 0 Å². The summed E-state index contributed by atoms with van der Waals surface area (Å²) in [5.74, 6) is 2.24. The van der Waals surface area contributed by atoms with Gasteiger partial charge in [-0.2, -0.15) is 0 Å². The summed E-state index contributed by atoms with van der Waals surface area (Å²) in [6, 6.07) is 58.9. The number of hydrogen-bond donors (Lipinski definition) is 0. The van der Waals surface area contributed by atoms with E-state index < -0.39 is 0 Å². The molecule has 280 valence electrons. The Hall–Kier alpha value is -5.40. The summed E-state index contributed by atoms with van der Waals surface area (Å²) in [5.41, 5.74) is 18.6. The van der Waals surface area contributed by atoms with Crippen LogP contribution in [-0.2, 0) is 10.8 Å². The van der Waals surface area contributed by atoms with Crippen LogP contribution in [0.5, 0.6) is 0 Å².